The summed E-state index contributed by atoms with van der Waals surface area (Å²) in [5, 5.41) is 12.6. The Labute approximate surface area is 127 Å². The van der Waals surface area contributed by atoms with Gasteiger partial charge in [-0.05, 0) is 31.4 Å². The summed E-state index contributed by atoms with van der Waals surface area (Å²) in [6.45, 7) is 0.739. The average molecular weight is 307 g/mol. The van der Waals surface area contributed by atoms with E-state index in [4.69, 9.17) is 4.74 Å². The fourth-order valence-electron chi connectivity index (χ4n) is 1.65. The van der Waals surface area contributed by atoms with Crippen LogP contribution in [0.3, 0.4) is 0 Å². The molecule has 0 saturated heterocycles. The molecule has 1 aromatic carbocycles. The van der Waals surface area contributed by atoms with Gasteiger partial charge < -0.3 is 10.1 Å². The lowest BCUT2D eigenvalue weighted by Gasteiger charge is -2.04. The number of hydrogen-bond acceptors (Lipinski definition) is 6. The van der Waals surface area contributed by atoms with Gasteiger partial charge in [0, 0.05) is 11.8 Å². The number of nitrogens with zero attached hydrogens (tertiary/aromatic N) is 2. The molecule has 1 saturated carbocycles. The Hall–Kier alpha value is -1.27. The van der Waals surface area contributed by atoms with E-state index >= 15 is 0 Å². The Balaban J connectivity index is 1.32. The highest BCUT2D eigenvalue weighted by Gasteiger charge is 2.22. The monoisotopic (exact) mass is 307 g/mol. The normalized spacial score (nSPS) is 14.2. The molecule has 1 aromatic heterocycles. The molecule has 1 N–H and O–H groups in total. The number of ether oxygens (including phenoxy) is 1. The van der Waals surface area contributed by atoms with Gasteiger partial charge in [0.05, 0.1) is 6.61 Å². The van der Waals surface area contributed by atoms with Crippen molar-refractivity contribution in [2.75, 3.05) is 17.7 Å². The Morgan fingerprint density at radius 3 is 2.90 bits per heavy atom. The van der Waals surface area contributed by atoms with Gasteiger partial charge in [-0.15, -0.1) is 10.2 Å². The lowest BCUT2D eigenvalue weighted by Crippen LogP contribution is -1.99. The van der Waals surface area contributed by atoms with E-state index in [9.17, 15) is 0 Å². The Bertz CT molecular complexity index is 528. The number of benzene rings is 1. The van der Waals surface area contributed by atoms with Crippen LogP contribution in [0.2, 0.25) is 0 Å². The van der Waals surface area contributed by atoms with E-state index in [1.165, 1.54) is 12.8 Å². The minimum Gasteiger partial charge on any atom is -0.494 e. The summed E-state index contributed by atoms with van der Waals surface area (Å²) in [6, 6.07) is 10.6. The molecule has 0 spiro atoms. The molecule has 1 aliphatic rings. The molecule has 1 aliphatic carbocycles. The van der Waals surface area contributed by atoms with Crippen molar-refractivity contribution < 1.29 is 4.74 Å². The maximum Gasteiger partial charge on any atom is 0.206 e. The number of anilines is 1. The van der Waals surface area contributed by atoms with Crippen molar-refractivity contribution in [1.29, 1.82) is 0 Å². The van der Waals surface area contributed by atoms with Crippen LogP contribution in [0.4, 0.5) is 5.13 Å². The van der Waals surface area contributed by atoms with E-state index in [1.54, 1.807) is 23.1 Å². The Morgan fingerprint density at radius 1 is 1.25 bits per heavy atom. The van der Waals surface area contributed by atoms with E-state index in [-0.39, 0.29) is 0 Å². The van der Waals surface area contributed by atoms with E-state index in [0.717, 1.165) is 34.0 Å². The van der Waals surface area contributed by atoms with Crippen molar-refractivity contribution in [2.45, 2.75) is 29.6 Å². The van der Waals surface area contributed by atoms with Crippen LogP contribution in [-0.4, -0.2) is 28.6 Å². The van der Waals surface area contributed by atoms with Crippen LogP contribution >= 0.6 is 23.1 Å². The third-order valence-electron chi connectivity index (χ3n) is 2.84. The fraction of sp³-hybridized carbons (Fsp3) is 0.429. The van der Waals surface area contributed by atoms with Gasteiger partial charge in [-0.3, -0.25) is 0 Å². The molecule has 1 fully saturated rings. The fourth-order valence-corrected chi connectivity index (χ4v) is 3.47. The lowest BCUT2D eigenvalue weighted by molar-refractivity contribution is 0.318. The topological polar surface area (TPSA) is 47.0 Å². The summed E-state index contributed by atoms with van der Waals surface area (Å²) in [5.74, 6) is 1.94. The van der Waals surface area contributed by atoms with Crippen LogP contribution in [0.5, 0.6) is 5.75 Å². The first-order valence-electron chi connectivity index (χ1n) is 6.81. The molecule has 106 valence electrons. The van der Waals surface area contributed by atoms with Crippen molar-refractivity contribution in [2.24, 2.45) is 0 Å². The summed E-state index contributed by atoms with van der Waals surface area (Å²) in [4.78, 5) is 0. The third kappa shape index (κ3) is 4.38. The van der Waals surface area contributed by atoms with Gasteiger partial charge in [-0.25, -0.2) is 0 Å². The number of hydrogen-bond donors (Lipinski definition) is 1. The first-order valence-corrected chi connectivity index (χ1v) is 8.61. The van der Waals surface area contributed by atoms with E-state index in [1.807, 2.05) is 30.3 Å². The van der Waals surface area contributed by atoms with Crippen molar-refractivity contribution in [3.8, 4) is 5.75 Å². The number of rotatable bonds is 8. The van der Waals surface area contributed by atoms with Crippen molar-refractivity contribution >= 4 is 28.2 Å². The van der Waals surface area contributed by atoms with Crippen molar-refractivity contribution in [1.82, 2.24) is 10.2 Å². The quantitative estimate of drug-likeness (QED) is 0.595. The molecule has 3 rings (SSSR count). The molecule has 20 heavy (non-hydrogen) atoms. The average Bonchev–Trinajstić information content (AvgIpc) is 3.18. The minimum atomic E-state index is 0.639. The molecule has 0 atom stereocenters. The maximum atomic E-state index is 5.65. The van der Waals surface area contributed by atoms with Crippen molar-refractivity contribution in [3.05, 3.63) is 30.3 Å². The second-order valence-corrected chi connectivity index (χ2v) is 6.97. The zero-order valence-corrected chi connectivity index (χ0v) is 12.8. The van der Waals surface area contributed by atoms with Crippen LogP contribution < -0.4 is 10.1 Å². The standard InChI is InChI=1S/C14H17N3OS2/c1-2-5-12(6-3-1)18-9-4-10-19-14-17-16-13(20-14)15-11-7-8-11/h1-3,5-6,11H,4,7-10H2,(H,15,16). The van der Waals surface area contributed by atoms with Gasteiger partial charge >= 0.3 is 0 Å². The van der Waals surface area contributed by atoms with Crippen LogP contribution in [-0.2, 0) is 0 Å². The second kappa shape index (κ2) is 6.95. The summed E-state index contributed by atoms with van der Waals surface area (Å²) in [5.41, 5.74) is 0. The van der Waals surface area contributed by atoms with Gasteiger partial charge in [0.15, 0.2) is 4.34 Å². The van der Waals surface area contributed by atoms with Crippen molar-refractivity contribution in [3.63, 3.8) is 0 Å². The third-order valence-corrected chi connectivity index (χ3v) is 4.91. The predicted octanol–water partition coefficient (Wildman–Crippen LogP) is 3.67. The molecule has 6 heteroatoms. The molecule has 0 aliphatic heterocycles. The van der Waals surface area contributed by atoms with Gasteiger partial charge in [-0.1, -0.05) is 41.3 Å². The van der Waals surface area contributed by atoms with E-state index in [2.05, 4.69) is 15.5 Å². The first-order chi connectivity index (χ1) is 9.90. The summed E-state index contributed by atoms with van der Waals surface area (Å²) >= 11 is 3.39. The van der Waals surface area contributed by atoms with Gasteiger partial charge in [0.25, 0.3) is 0 Å². The summed E-state index contributed by atoms with van der Waals surface area (Å²) in [6.07, 6.45) is 3.53. The SMILES string of the molecule is c1ccc(OCCCSc2nnc(NC3CC3)s2)cc1. The first kappa shape index (κ1) is 13.7. The summed E-state index contributed by atoms with van der Waals surface area (Å²) in [7, 11) is 0. The molecular formula is C14H17N3OS2. The van der Waals surface area contributed by atoms with E-state index < -0.39 is 0 Å². The van der Waals surface area contributed by atoms with Crippen LogP contribution in [0.15, 0.2) is 34.7 Å². The maximum absolute atomic E-state index is 5.65. The molecule has 4 nitrogen and oxygen atoms in total. The van der Waals surface area contributed by atoms with Crippen LogP contribution in [0.1, 0.15) is 19.3 Å². The summed E-state index contributed by atoms with van der Waals surface area (Å²) < 4.78 is 6.69. The second-order valence-electron chi connectivity index (χ2n) is 4.66. The number of aromatic nitrogens is 2. The Morgan fingerprint density at radius 2 is 2.10 bits per heavy atom. The zero-order valence-electron chi connectivity index (χ0n) is 11.1. The predicted molar refractivity (Wildman–Crippen MR) is 83.8 cm³/mol. The molecule has 1 heterocycles. The number of para-hydroxylation sites is 1. The van der Waals surface area contributed by atoms with Crippen LogP contribution in [0.25, 0.3) is 0 Å². The van der Waals surface area contributed by atoms with Gasteiger partial charge in [0.2, 0.25) is 5.13 Å². The molecular weight excluding hydrogens is 290 g/mol. The number of thioether (sulfide) groups is 1. The highest BCUT2D eigenvalue weighted by molar-refractivity contribution is 8.01. The number of nitrogens with one attached hydrogen (secondary N) is 1. The van der Waals surface area contributed by atoms with Gasteiger partial charge in [-0.2, -0.15) is 0 Å². The van der Waals surface area contributed by atoms with Gasteiger partial charge in [0.1, 0.15) is 5.75 Å². The minimum absolute atomic E-state index is 0.639. The lowest BCUT2D eigenvalue weighted by atomic mass is 10.3. The molecule has 0 radical (unpaired) electrons. The highest BCUT2D eigenvalue weighted by Crippen LogP contribution is 2.30. The molecule has 0 bridgehead atoms. The van der Waals surface area contributed by atoms with E-state index in [0.29, 0.717) is 6.04 Å². The highest BCUT2D eigenvalue weighted by atomic mass is 32.2. The largest absolute Gasteiger partial charge is 0.494 e. The van der Waals surface area contributed by atoms with Crippen LogP contribution in [0, 0.1) is 0 Å². The molecule has 2 aromatic rings. The zero-order chi connectivity index (χ0) is 13.6. The molecule has 0 unspecified atom stereocenters. The smallest absolute Gasteiger partial charge is 0.206 e. The molecule has 0 amide bonds. The Kier molecular flexibility index (Phi) is 4.76.